The van der Waals surface area contributed by atoms with Crippen LogP contribution < -0.4 is 0 Å². The van der Waals surface area contributed by atoms with Crippen LogP contribution in [-0.4, -0.2) is 65.8 Å². The van der Waals surface area contributed by atoms with E-state index in [-0.39, 0.29) is 12.6 Å². The highest BCUT2D eigenvalue weighted by Crippen LogP contribution is 2.12. The van der Waals surface area contributed by atoms with Crippen LogP contribution in [0.15, 0.2) is 24.3 Å². The molecule has 0 aromatic rings. The van der Waals surface area contributed by atoms with Crippen LogP contribution >= 0.6 is 0 Å². The highest BCUT2D eigenvalue weighted by molar-refractivity contribution is 4.90. The monoisotopic (exact) mass is 558 g/mol. The fraction of sp³-hybridized carbons (Fsp3) is 0.875. The second-order valence-corrected chi connectivity index (χ2v) is 9.84. The van der Waals surface area contributed by atoms with Gasteiger partial charge in [-0.25, -0.2) is 0 Å². The van der Waals surface area contributed by atoms with Crippen LogP contribution in [0.2, 0.25) is 0 Å². The Kier molecular flexibility index (Phi) is 29.5. The molecule has 0 saturated carbocycles. The van der Waals surface area contributed by atoms with E-state index in [1.54, 1.807) is 14.2 Å². The fourth-order valence-electron chi connectivity index (χ4n) is 3.73. The topological polar surface area (TPSA) is 64.6 Å². The lowest BCUT2D eigenvalue weighted by molar-refractivity contribution is -0.189. The Bertz CT molecular complexity index is 471. The lowest BCUT2D eigenvalue weighted by Crippen LogP contribution is -2.23. The molecular formula is C32H62O7. The summed E-state index contributed by atoms with van der Waals surface area (Å²) in [7, 11) is 3.24. The highest BCUT2D eigenvalue weighted by atomic mass is 16.8. The first kappa shape index (κ1) is 38.2. The standard InChI is InChI=1S/C32H62O7/c1-7-11-15-25-35-31(36-26-16-12-8-2)23-19-21-29(33-5)39-30(34-6)22-20-24-32(37-27-17-13-9-3)38-28-18-14-10-4/h19-22,29-32H,7-18,23-28H2,1-6H3. The molecule has 7 heteroatoms. The van der Waals surface area contributed by atoms with Crippen LogP contribution in [0.3, 0.4) is 0 Å². The lowest BCUT2D eigenvalue weighted by atomic mass is 10.2. The second kappa shape index (κ2) is 30.2. The number of hydrogen-bond donors (Lipinski definition) is 0. The molecule has 0 bridgehead atoms. The molecule has 0 aromatic carbocycles. The minimum Gasteiger partial charge on any atom is -0.352 e. The van der Waals surface area contributed by atoms with E-state index in [9.17, 15) is 0 Å². The highest BCUT2D eigenvalue weighted by Gasteiger charge is 2.13. The number of ether oxygens (including phenoxy) is 7. The molecule has 0 spiro atoms. The molecular weight excluding hydrogens is 496 g/mol. The second-order valence-electron chi connectivity index (χ2n) is 9.84. The van der Waals surface area contributed by atoms with Gasteiger partial charge >= 0.3 is 0 Å². The third-order valence-electron chi connectivity index (χ3n) is 6.18. The molecule has 0 fully saturated rings. The number of hydrogen-bond acceptors (Lipinski definition) is 7. The van der Waals surface area contributed by atoms with Gasteiger partial charge in [0.1, 0.15) is 0 Å². The van der Waals surface area contributed by atoms with Gasteiger partial charge in [-0.2, -0.15) is 0 Å². The number of methoxy groups -OCH3 is 2. The van der Waals surface area contributed by atoms with E-state index in [0.717, 1.165) is 25.7 Å². The first-order chi connectivity index (χ1) is 19.1. The van der Waals surface area contributed by atoms with Crippen LogP contribution in [0.25, 0.3) is 0 Å². The van der Waals surface area contributed by atoms with Gasteiger partial charge in [0.15, 0.2) is 25.2 Å². The minimum atomic E-state index is -0.549. The summed E-state index contributed by atoms with van der Waals surface area (Å²) in [6.07, 6.45) is 21.0. The number of rotatable bonds is 30. The molecule has 0 aliphatic carbocycles. The molecule has 0 saturated heterocycles. The Hall–Kier alpha value is -0.800. The van der Waals surface area contributed by atoms with E-state index in [4.69, 9.17) is 33.2 Å². The lowest BCUT2D eigenvalue weighted by Gasteiger charge is -2.20. The summed E-state index contributed by atoms with van der Waals surface area (Å²) in [4.78, 5) is 0. The van der Waals surface area contributed by atoms with E-state index >= 15 is 0 Å². The van der Waals surface area contributed by atoms with E-state index in [1.165, 1.54) is 51.4 Å². The van der Waals surface area contributed by atoms with Crippen molar-refractivity contribution in [2.24, 2.45) is 0 Å². The maximum atomic E-state index is 5.99. The summed E-state index contributed by atoms with van der Waals surface area (Å²) in [6.45, 7) is 11.6. The van der Waals surface area contributed by atoms with Crippen molar-refractivity contribution in [3.8, 4) is 0 Å². The van der Waals surface area contributed by atoms with E-state index in [1.807, 2.05) is 24.3 Å². The summed E-state index contributed by atoms with van der Waals surface area (Å²) in [5.41, 5.74) is 0. The average molecular weight is 559 g/mol. The molecule has 0 aliphatic heterocycles. The van der Waals surface area contributed by atoms with Gasteiger partial charge in [0.05, 0.1) is 0 Å². The Morgan fingerprint density at radius 1 is 0.462 bits per heavy atom. The maximum absolute atomic E-state index is 5.99. The van der Waals surface area contributed by atoms with Gasteiger partial charge in [0.25, 0.3) is 0 Å². The minimum absolute atomic E-state index is 0.253. The third kappa shape index (κ3) is 24.7. The zero-order valence-corrected chi connectivity index (χ0v) is 26.2. The zero-order valence-electron chi connectivity index (χ0n) is 26.2. The molecule has 7 nitrogen and oxygen atoms in total. The van der Waals surface area contributed by atoms with Crippen molar-refractivity contribution < 1.29 is 33.2 Å². The first-order valence-electron chi connectivity index (χ1n) is 15.7. The molecule has 0 heterocycles. The molecule has 2 unspecified atom stereocenters. The van der Waals surface area contributed by atoms with Crippen molar-refractivity contribution in [2.75, 3.05) is 40.6 Å². The Balaban J connectivity index is 4.78. The van der Waals surface area contributed by atoms with Gasteiger partial charge in [-0.15, -0.1) is 0 Å². The maximum Gasteiger partial charge on any atom is 0.179 e. The van der Waals surface area contributed by atoms with Gasteiger partial charge in [0, 0.05) is 53.5 Å². The predicted molar refractivity (Wildman–Crippen MR) is 160 cm³/mol. The van der Waals surface area contributed by atoms with Crippen LogP contribution in [0.4, 0.5) is 0 Å². The van der Waals surface area contributed by atoms with Gasteiger partial charge in [-0.1, -0.05) is 91.2 Å². The molecule has 0 rings (SSSR count). The van der Waals surface area contributed by atoms with Gasteiger partial charge in [0.2, 0.25) is 0 Å². The Morgan fingerprint density at radius 3 is 1.03 bits per heavy atom. The summed E-state index contributed by atoms with van der Waals surface area (Å²) in [5.74, 6) is 0. The number of unbranched alkanes of at least 4 members (excludes halogenated alkanes) is 8. The zero-order chi connectivity index (χ0) is 28.8. The average Bonchev–Trinajstić information content (AvgIpc) is 2.95. The normalized spacial score (nSPS) is 13.9. The smallest absolute Gasteiger partial charge is 0.179 e. The van der Waals surface area contributed by atoms with Gasteiger partial charge in [-0.05, 0) is 37.8 Å². The molecule has 0 amide bonds. The van der Waals surface area contributed by atoms with Crippen molar-refractivity contribution in [3.05, 3.63) is 24.3 Å². The largest absolute Gasteiger partial charge is 0.352 e. The molecule has 0 radical (unpaired) electrons. The summed E-state index contributed by atoms with van der Waals surface area (Å²) >= 11 is 0. The molecule has 0 aromatic heterocycles. The quantitative estimate of drug-likeness (QED) is 0.0499. The van der Waals surface area contributed by atoms with Crippen LogP contribution in [0, 0.1) is 0 Å². The molecule has 0 aliphatic rings. The fourth-order valence-corrected chi connectivity index (χ4v) is 3.73. The van der Waals surface area contributed by atoms with E-state index < -0.39 is 12.6 Å². The summed E-state index contributed by atoms with van der Waals surface area (Å²) in [6, 6.07) is 0. The summed E-state index contributed by atoms with van der Waals surface area (Å²) in [5, 5.41) is 0. The van der Waals surface area contributed by atoms with E-state index in [2.05, 4.69) is 27.7 Å². The predicted octanol–water partition coefficient (Wildman–Crippen LogP) is 8.32. The Labute approximate surface area is 240 Å². The molecule has 39 heavy (non-hydrogen) atoms. The van der Waals surface area contributed by atoms with Crippen molar-refractivity contribution >= 4 is 0 Å². The third-order valence-corrected chi connectivity index (χ3v) is 6.18. The van der Waals surface area contributed by atoms with Crippen molar-refractivity contribution in [2.45, 2.75) is 143 Å². The van der Waals surface area contributed by atoms with Crippen molar-refractivity contribution in [1.29, 1.82) is 0 Å². The SMILES string of the molecule is CCCCCOC(CC=CC(OC)OC(C=CCC(OCCCCC)OCCCCC)OC)OCCCCC. The van der Waals surface area contributed by atoms with E-state index in [0.29, 0.717) is 39.3 Å². The van der Waals surface area contributed by atoms with Gasteiger partial charge in [-0.3, -0.25) is 0 Å². The van der Waals surface area contributed by atoms with Crippen molar-refractivity contribution in [3.63, 3.8) is 0 Å². The van der Waals surface area contributed by atoms with Crippen LogP contribution in [0.5, 0.6) is 0 Å². The first-order valence-corrected chi connectivity index (χ1v) is 15.7. The van der Waals surface area contributed by atoms with Crippen molar-refractivity contribution in [1.82, 2.24) is 0 Å². The summed E-state index contributed by atoms with van der Waals surface area (Å²) < 4.78 is 41.0. The Morgan fingerprint density at radius 2 is 0.769 bits per heavy atom. The van der Waals surface area contributed by atoms with Gasteiger partial charge < -0.3 is 33.2 Å². The molecule has 0 N–H and O–H groups in total. The van der Waals surface area contributed by atoms with Crippen LogP contribution in [0.1, 0.15) is 118 Å². The molecule has 2 atom stereocenters. The molecule has 232 valence electrons. The van der Waals surface area contributed by atoms with Crippen LogP contribution in [-0.2, 0) is 33.2 Å².